The van der Waals surface area contributed by atoms with Crippen molar-refractivity contribution < 1.29 is 4.74 Å². The topological polar surface area (TPSA) is 35.2 Å². The Labute approximate surface area is 106 Å². The fourth-order valence-corrected chi connectivity index (χ4v) is 3.67. The molecule has 17 heavy (non-hydrogen) atoms. The molecule has 4 atom stereocenters. The van der Waals surface area contributed by atoms with E-state index in [1.807, 2.05) is 0 Å². The summed E-state index contributed by atoms with van der Waals surface area (Å²) in [4.78, 5) is 0. The standard InChI is InChI=1S/C15H29NO/c1-2-12-7-3-5-9-14(12)17-15-10-6-4-8-13(15)11-16/h12-15H,2-11,16H2,1H3. The van der Waals surface area contributed by atoms with Crippen LogP contribution in [0.2, 0.25) is 0 Å². The van der Waals surface area contributed by atoms with Gasteiger partial charge in [0, 0.05) is 0 Å². The highest BCUT2D eigenvalue weighted by Gasteiger charge is 2.31. The van der Waals surface area contributed by atoms with Gasteiger partial charge >= 0.3 is 0 Å². The molecule has 0 amide bonds. The van der Waals surface area contributed by atoms with Gasteiger partial charge < -0.3 is 10.5 Å². The van der Waals surface area contributed by atoms with Crippen molar-refractivity contribution in [1.29, 1.82) is 0 Å². The largest absolute Gasteiger partial charge is 0.374 e. The normalized spacial score (nSPS) is 39.2. The Morgan fingerprint density at radius 2 is 1.41 bits per heavy atom. The molecule has 0 aliphatic heterocycles. The SMILES string of the molecule is CCC1CCCCC1OC1CCCCC1CN. The fraction of sp³-hybridized carbons (Fsp3) is 1.00. The van der Waals surface area contributed by atoms with Gasteiger partial charge in [-0.25, -0.2) is 0 Å². The molecule has 2 fully saturated rings. The first-order chi connectivity index (χ1) is 8.35. The van der Waals surface area contributed by atoms with Gasteiger partial charge in [-0.2, -0.15) is 0 Å². The molecule has 2 heteroatoms. The van der Waals surface area contributed by atoms with Gasteiger partial charge in [0.15, 0.2) is 0 Å². The van der Waals surface area contributed by atoms with E-state index in [0.717, 1.165) is 12.5 Å². The van der Waals surface area contributed by atoms with Crippen LogP contribution in [0.25, 0.3) is 0 Å². The molecule has 100 valence electrons. The first-order valence-corrected chi connectivity index (χ1v) is 7.70. The average Bonchev–Trinajstić information content (AvgIpc) is 2.40. The molecule has 2 N–H and O–H groups in total. The number of rotatable bonds is 4. The third-order valence-corrected chi connectivity index (χ3v) is 4.86. The van der Waals surface area contributed by atoms with Gasteiger partial charge in [-0.05, 0) is 44.1 Å². The molecule has 2 nitrogen and oxygen atoms in total. The van der Waals surface area contributed by atoms with Crippen LogP contribution in [-0.4, -0.2) is 18.8 Å². The summed E-state index contributed by atoms with van der Waals surface area (Å²) < 4.78 is 6.46. The van der Waals surface area contributed by atoms with Crippen LogP contribution in [-0.2, 0) is 4.74 Å². The molecule has 0 aromatic rings. The second-order valence-electron chi connectivity index (χ2n) is 5.95. The Morgan fingerprint density at radius 3 is 2.00 bits per heavy atom. The molecular weight excluding hydrogens is 210 g/mol. The van der Waals surface area contributed by atoms with Gasteiger partial charge in [-0.1, -0.05) is 39.0 Å². The Morgan fingerprint density at radius 1 is 0.882 bits per heavy atom. The van der Waals surface area contributed by atoms with E-state index in [2.05, 4.69) is 6.92 Å². The number of nitrogens with two attached hydrogens (primary N) is 1. The van der Waals surface area contributed by atoms with E-state index in [9.17, 15) is 0 Å². The molecular formula is C15H29NO. The molecule has 0 saturated heterocycles. The lowest BCUT2D eigenvalue weighted by molar-refractivity contribution is -0.0940. The smallest absolute Gasteiger partial charge is 0.0619 e. The van der Waals surface area contributed by atoms with Gasteiger partial charge in [0.05, 0.1) is 12.2 Å². The van der Waals surface area contributed by atoms with E-state index in [1.165, 1.54) is 57.8 Å². The first kappa shape index (κ1) is 13.4. The van der Waals surface area contributed by atoms with Crippen molar-refractivity contribution in [3.63, 3.8) is 0 Å². The number of hydrogen-bond acceptors (Lipinski definition) is 2. The van der Waals surface area contributed by atoms with Crippen LogP contribution in [0.1, 0.15) is 64.7 Å². The number of hydrogen-bond donors (Lipinski definition) is 1. The summed E-state index contributed by atoms with van der Waals surface area (Å²) in [6, 6.07) is 0. The Bertz CT molecular complexity index is 197. The molecule has 0 bridgehead atoms. The zero-order valence-electron chi connectivity index (χ0n) is 11.4. The zero-order valence-corrected chi connectivity index (χ0v) is 11.4. The van der Waals surface area contributed by atoms with Crippen LogP contribution < -0.4 is 5.73 Å². The Hall–Kier alpha value is -0.0800. The molecule has 4 unspecified atom stereocenters. The molecule has 2 aliphatic carbocycles. The van der Waals surface area contributed by atoms with Crippen molar-refractivity contribution in [3.8, 4) is 0 Å². The molecule has 0 aromatic carbocycles. The van der Waals surface area contributed by atoms with E-state index in [-0.39, 0.29) is 0 Å². The average molecular weight is 239 g/mol. The Balaban J connectivity index is 1.88. The highest BCUT2D eigenvalue weighted by Crippen LogP contribution is 2.34. The van der Waals surface area contributed by atoms with Crippen molar-refractivity contribution in [1.82, 2.24) is 0 Å². The van der Waals surface area contributed by atoms with Gasteiger partial charge in [0.1, 0.15) is 0 Å². The van der Waals surface area contributed by atoms with Gasteiger partial charge in [-0.15, -0.1) is 0 Å². The van der Waals surface area contributed by atoms with E-state index < -0.39 is 0 Å². The maximum atomic E-state index is 6.46. The summed E-state index contributed by atoms with van der Waals surface area (Å²) >= 11 is 0. The third kappa shape index (κ3) is 3.45. The quantitative estimate of drug-likeness (QED) is 0.815. The first-order valence-electron chi connectivity index (χ1n) is 7.70. The monoisotopic (exact) mass is 239 g/mol. The summed E-state index contributed by atoms with van der Waals surface area (Å²) in [6.45, 7) is 3.13. The van der Waals surface area contributed by atoms with Crippen molar-refractivity contribution in [2.75, 3.05) is 6.54 Å². The van der Waals surface area contributed by atoms with Crippen molar-refractivity contribution >= 4 is 0 Å². The highest BCUT2D eigenvalue weighted by molar-refractivity contribution is 4.81. The van der Waals surface area contributed by atoms with Crippen LogP contribution >= 0.6 is 0 Å². The Kier molecular flexibility index (Phi) is 5.30. The predicted octanol–water partition coefficient (Wildman–Crippen LogP) is 3.49. The predicted molar refractivity (Wildman–Crippen MR) is 71.9 cm³/mol. The number of ether oxygens (including phenoxy) is 1. The highest BCUT2D eigenvalue weighted by atomic mass is 16.5. The maximum Gasteiger partial charge on any atom is 0.0619 e. The van der Waals surface area contributed by atoms with E-state index in [1.54, 1.807) is 0 Å². The summed E-state index contributed by atoms with van der Waals surface area (Å²) in [5.41, 5.74) is 5.89. The van der Waals surface area contributed by atoms with Gasteiger partial charge in [-0.3, -0.25) is 0 Å². The molecule has 0 spiro atoms. The molecule has 0 aromatic heterocycles. The van der Waals surface area contributed by atoms with Crippen molar-refractivity contribution in [3.05, 3.63) is 0 Å². The minimum absolute atomic E-state index is 0.464. The molecule has 2 saturated carbocycles. The summed E-state index contributed by atoms with van der Waals surface area (Å²) in [6.07, 6.45) is 12.9. The second-order valence-corrected chi connectivity index (χ2v) is 5.95. The van der Waals surface area contributed by atoms with Crippen molar-refractivity contribution in [2.24, 2.45) is 17.6 Å². The van der Waals surface area contributed by atoms with Crippen LogP contribution in [0.3, 0.4) is 0 Å². The molecule has 2 rings (SSSR count). The molecule has 0 heterocycles. The molecule has 2 aliphatic rings. The summed E-state index contributed by atoms with van der Waals surface area (Å²) in [5, 5.41) is 0. The van der Waals surface area contributed by atoms with Gasteiger partial charge in [0.2, 0.25) is 0 Å². The third-order valence-electron chi connectivity index (χ3n) is 4.86. The second kappa shape index (κ2) is 6.75. The maximum absolute atomic E-state index is 6.46. The van der Waals surface area contributed by atoms with Gasteiger partial charge in [0.25, 0.3) is 0 Å². The minimum atomic E-state index is 0.464. The fourth-order valence-electron chi connectivity index (χ4n) is 3.67. The van der Waals surface area contributed by atoms with E-state index >= 15 is 0 Å². The molecule has 0 radical (unpaired) electrons. The van der Waals surface area contributed by atoms with Crippen LogP contribution in [0.5, 0.6) is 0 Å². The van der Waals surface area contributed by atoms with E-state index in [4.69, 9.17) is 10.5 Å². The lowest BCUT2D eigenvalue weighted by Gasteiger charge is -2.38. The summed E-state index contributed by atoms with van der Waals surface area (Å²) in [7, 11) is 0. The lowest BCUT2D eigenvalue weighted by atomic mass is 9.83. The zero-order chi connectivity index (χ0) is 12.1. The van der Waals surface area contributed by atoms with Crippen molar-refractivity contribution in [2.45, 2.75) is 76.9 Å². The van der Waals surface area contributed by atoms with Crippen LogP contribution in [0.4, 0.5) is 0 Å². The summed E-state index contributed by atoms with van der Waals surface area (Å²) in [5.74, 6) is 1.44. The lowest BCUT2D eigenvalue weighted by Crippen LogP contribution is -2.39. The van der Waals surface area contributed by atoms with Crippen LogP contribution in [0.15, 0.2) is 0 Å². The van der Waals surface area contributed by atoms with E-state index in [0.29, 0.717) is 18.1 Å². The van der Waals surface area contributed by atoms with Crippen LogP contribution in [0, 0.1) is 11.8 Å². The minimum Gasteiger partial charge on any atom is -0.374 e.